The molecule has 1 heterocycles. The Balaban J connectivity index is 1.95. The number of hydrogen-bond donors (Lipinski definition) is 2. The van der Waals surface area contributed by atoms with E-state index in [0.717, 1.165) is 16.3 Å². The summed E-state index contributed by atoms with van der Waals surface area (Å²) in [6, 6.07) is 6.93. The van der Waals surface area contributed by atoms with E-state index in [1.807, 2.05) is 31.2 Å². The van der Waals surface area contributed by atoms with E-state index in [1.165, 1.54) is 0 Å². The predicted octanol–water partition coefficient (Wildman–Crippen LogP) is 2.11. The van der Waals surface area contributed by atoms with E-state index < -0.39 is 9.84 Å². The summed E-state index contributed by atoms with van der Waals surface area (Å²) in [5.41, 5.74) is 0.748. The van der Waals surface area contributed by atoms with E-state index in [4.69, 9.17) is 0 Å². The van der Waals surface area contributed by atoms with Gasteiger partial charge in [0, 0.05) is 10.9 Å². The van der Waals surface area contributed by atoms with Gasteiger partial charge in [-0.2, -0.15) is 0 Å². The van der Waals surface area contributed by atoms with Crippen LogP contribution in [0.1, 0.15) is 13.3 Å². The smallest absolute Gasteiger partial charge is 0.319 e. The molecule has 0 radical (unpaired) electrons. The van der Waals surface area contributed by atoms with Crippen LogP contribution >= 0.6 is 11.8 Å². The van der Waals surface area contributed by atoms with Crippen molar-refractivity contribution in [1.82, 2.24) is 5.32 Å². The fraction of sp³-hybridized carbons (Fsp3) is 0.462. The van der Waals surface area contributed by atoms with E-state index in [9.17, 15) is 13.2 Å². The van der Waals surface area contributed by atoms with Crippen LogP contribution in [0.25, 0.3) is 0 Å². The first kappa shape index (κ1) is 15.2. The molecule has 1 saturated heterocycles. The first-order valence-corrected chi connectivity index (χ1v) is 9.30. The Morgan fingerprint density at radius 3 is 2.80 bits per heavy atom. The molecule has 0 unspecified atom stereocenters. The molecule has 0 bridgehead atoms. The Kier molecular flexibility index (Phi) is 4.93. The summed E-state index contributed by atoms with van der Waals surface area (Å²) in [7, 11) is -2.98. The minimum Gasteiger partial charge on any atom is -0.334 e. The Bertz CT molecular complexity index is 587. The quantitative estimate of drug-likeness (QED) is 0.835. The molecule has 1 aliphatic rings. The van der Waals surface area contributed by atoms with Gasteiger partial charge in [0.25, 0.3) is 0 Å². The van der Waals surface area contributed by atoms with E-state index in [-0.39, 0.29) is 23.6 Å². The third-order valence-electron chi connectivity index (χ3n) is 3.00. The molecular weight excluding hydrogens is 296 g/mol. The van der Waals surface area contributed by atoms with Crippen LogP contribution in [0.5, 0.6) is 0 Å². The molecule has 0 aromatic heterocycles. The van der Waals surface area contributed by atoms with Crippen molar-refractivity contribution in [3.8, 4) is 0 Å². The summed E-state index contributed by atoms with van der Waals surface area (Å²) in [5.74, 6) is 1.10. The number of thioether (sulfide) groups is 1. The number of amides is 2. The molecule has 2 N–H and O–H groups in total. The van der Waals surface area contributed by atoms with E-state index in [2.05, 4.69) is 10.6 Å². The molecule has 110 valence electrons. The Labute approximate surface area is 123 Å². The van der Waals surface area contributed by atoms with Crippen LogP contribution in [0.2, 0.25) is 0 Å². The Morgan fingerprint density at radius 1 is 1.40 bits per heavy atom. The maximum atomic E-state index is 11.9. The highest BCUT2D eigenvalue weighted by molar-refractivity contribution is 7.99. The molecule has 20 heavy (non-hydrogen) atoms. The van der Waals surface area contributed by atoms with Crippen LogP contribution in [0.4, 0.5) is 10.5 Å². The van der Waals surface area contributed by atoms with E-state index in [1.54, 1.807) is 11.8 Å². The van der Waals surface area contributed by atoms with Crippen LogP contribution < -0.4 is 10.6 Å². The van der Waals surface area contributed by atoms with Gasteiger partial charge in [-0.15, -0.1) is 11.8 Å². The Morgan fingerprint density at radius 2 is 2.15 bits per heavy atom. The van der Waals surface area contributed by atoms with Gasteiger partial charge in [0.15, 0.2) is 9.84 Å². The number of urea groups is 1. The molecule has 0 aliphatic carbocycles. The van der Waals surface area contributed by atoms with Crippen LogP contribution in [-0.4, -0.2) is 37.7 Å². The zero-order valence-corrected chi connectivity index (χ0v) is 12.9. The van der Waals surface area contributed by atoms with Gasteiger partial charge in [-0.1, -0.05) is 19.1 Å². The molecular formula is C13H18N2O3S2. The van der Waals surface area contributed by atoms with Gasteiger partial charge in [-0.25, -0.2) is 13.2 Å². The lowest BCUT2D eigenvalue weighted by atomic mass is 10.3. The minimum atomic E-state index is -2.98. The number of para-hydroxylation sites is 1. The molecule has 2 amide bonds. The summed E-state index contributed by atoms with van der Waals surface area (Å²) in [5, 5.41) is 5.50. The molecule has 1 aliphatic heterocycles. The van der Waals surface area contributed by atoms with E-state index >= 15 is 0 Å². The molecule has 0 spiro atoms. The van der Waals surface area contributed by atoms with Crippen LogP contribution in [0.15, 0.2) is 29.2 Å². The number of benzene rings is 1. The maximum Gasteiger partial charge on any atom is 0.319 e. The summed E-state index contributed by atoms with van der Waals surface area (Å²) in [4.78, 5) is 12.9. The van der Waals surface area contributed by atoms with Gasteiger partial charge in [0.2, 0.25) is 0 Å². The first-order chi connectivity index (χ1) is 9.50. The predicted molar refractivity (Wildman–Crippen MR) is 82.1 cm³/mol. The van der Waals surface area contributed by atoms with Crippen molar-refractivity contribution < 1.29 is 13.2 Å². The number of carbonyl (C=O) groups excluding carboxylic acids is 1. The second kappa shape index (κ2) is 6.49. The topological polar surface area (TPSA) is 75.3 Å². The SMILES string of the molecule is CCSc1ccccc1NC(=O)N[C@@H]1CCS(=O)(=O)C1. The van der Waals surface area contributed by atoms with Crippen molar-refractivity contribution in [2.45, 2.75) is 24.3 Å². The number of sulfone groups is 1. The van der Waals surface area contributed by atoms with Crippen molar-refractivity contribution in [2.24, 2.45) is 0 Å². The second-order valence-corrected chi connectivity index (χ2v) is 8.16. The number of nitrogens with one attached hydrogen (secondary N) is 2. The summed E-state index contributed by atoms with van der Waals surface area (Å²) >= 11 is 1.65. The summed E-state index contributed by atoms with van der Waals surface area (Å²) < 4.78 is 22.7. The Hall–Kier alpha value is -1.21. The van der Waals surface area contributed by atoms with Gasteiger partial charge >= 0.3 is 6.03 Å². The molecule has 1 fully saturated rings. The van der Waals surface area contributed by atoms with Gasteiger partial charge in [0.05, 0.1) is 17.2 Å². The molecule has 7 heteroatoms. The normalized spacial score (nSPS) is 20.6. The molecule has 5 nitrogen and oxygen atoms in total. The highest BCUT2D eigenvalue weighted by atomic mass is 32.2. The molecule has 1 aromatic carbocycles. The third-order valence-corrected chi connectivity index (χ3v) is 5.73. The number of hydrogen-bond acceptors (Lipinski definition) is 4. The van der Waals surface area contributed by atoms with Crippen molar-refractivity contribution in [2.75, 3.05) is 22.6 Å². The lowest BCUT2D eigenvalue weighted by Gasteiger charge is -2.14. The third kappa shape index (κ3) is 4.14. The average Bonchev–Trinajstić information content (AvgIpc) is 2.71. The van der Waals surface area contributed by atoms with Crippen molar-refractivity contribution in [1.29, 1.82) is 0 Å². The van der Waals surface area contributed by atoms with Gasteiger partial charge < -0.3 is 10.6 Å². The van der Waals surface area contributed by atoms with Gasteiger partial charge in [0.1, 0.15) is 0 Å². The zero-order chi connectivity index (χ0) is 14.6. The molecule has 1 aromatic rings. The average molecular weight is 314 g/mol. The van der Waals surface area contributed by atoms with E-state index in [0.29, 0.717) is 6.42 Å². The van der Waals surface area contributed by atoms with Crippen LogP contribution in [-0.2, 0) is 9.84 Å². The monoisotopic (exact) mass is 314 g/mol. The minimum absolute atomic E-state index is 0.0335. The van der Waals surface area contributed by atoms with Crippen LogP contribution in [0.3, 0.4) is 0 Å². The summed E-state index contributed by atoms with van der Waals surface area (Å²) in [6.07, 6.45) is 0.487. The molecule has 0 saturated carbocycles. The largest absolute Gasteiger partial charge is 0.334 e. The molecule has 2 rings (SSSR count). The summed E-state index contributed by atoms with van der Waals surface area (Å²) in [6.45, 7) is 2.05. The fourth-order valence-corrected chi connectivity index (χ4v) is 4.54. The molecule has 1 atom stereocenters. The second-order valence-electron chi connectivity index (χ2n) is 4.63. The highest BCUT2D eigenvalue weighted by Crippen LogP contribution is 2.26. The van der Waals surface area contributed by atoms with Crippen molar-refractivity contribution in [3.63, 3.8) is 0 Å². The first-order valence-electron chi connectivity index (χ1n) is 6.50. The van der Waals surface area contributed by atoms with Crippen molar-refractivity contribution in [3.05, 3.63) is 24.3 Å². The lowest BCUT2D eigenvalue weighted by Crippen LogP contribution is -2.38. The highest BCUT2D eigenvalue weighted by Gasteiger charge is 2.28. The zero-order valence-electron chi connectivity index (χ0n) is 11.3. The standard InChI is InChI=1S/C13H18N2O3S2/c1-2-19-12-6-4-3-5-11(12)15-13(16)14-10-7-8-20(17,18)9-10/h3-6,10H,2,7-9H2,1H3,(H2,14,15,16)/t10-/m1/s1. The van der Waals surface area contributed by atoms with Gasteiger partial charge in [-0.05, 0) is 24.3 Å². The van der Waals surface area contributed by atoms with Crippen LogP contribution in [0, 0.1) is 0 Å². The number of carbonyl (C=O) groups is 1. The number of rotatable bonds is 4. The van der Waals surface area contributed by atoms with Gasteiger partial charge in [-0.3, -0.25) is 0 Å². The number of anilines is 1. The van der Waals surface area contributed by atoms with Crippen molar-refractivity contribution >= 4 is 33.3 Å². The lowest BCUT2D eigenvalue weighted by molar-refractivity contribution is 0.249. The fourth-order valence-electron chi connectivity index (χ4n) is 2.10. The maximum absolute atomic E-state index is 11.9.